The van der Waals surface area contributed by atoms with Crippen LogP contribution in [0.5, 0.6) is 5.75 Å². The van der Waals surface area contributed by atoms with Crippen LogP contribution in [0.3, 0.4) is 0 Å². The van der Waals surface area contributed by atoms with Crippen molar-refractivity contribution in [2.75, 3.05) is 19.0 Å². The summed E-state index contributed by atoms with van der Waals surface area (Å²) in [6, 6.07) is 9.99. The van der Waals surface area contributed by atoms with E-state index in [1.54, 1.807) is 24.3 Å². The number of hydrogen-bond acceptors (Lipinski definition) is 5. The third kappa shape index (κ3) is 4.74. The first-order chi connectivity index (χ1) is 14.4. The first-order valence-electron chi connectivity index (χ1n) is 8.78. The number of urea groups is 1. The Morgan fingerprint density at radius 3 is 2.70 bits per heavy atom. The van der Waals surface area contributed by atoms with E-state index in [1.165, 1.54) is 16.7 Å². The predicted octanol–water partition coefficient (Wildman–Crippen LogP) is 2.54. The molecule has 0 aliphatic rings. The second-order valence-electron chi connectivity index (χ2n) is 6.06. The Labute approximate surface area is 168 Å². The molecule has 0 spiro atoms. The van der Waals surface area contributed by atoms with Crippen molar-refractivity contribution in [1.29, 1.82) is 0 Å². The molecule has 2 amide bonds. The molecule has 0 unspecified atom stereocenters. The Morgan fingerprint density at radius 1 is 1.20 bits per heavy atom. The molecule has 1 aromatic heterocycles. The topological polar surface area (TPSA) is 114 Å². The van der Waals surface area contributed by atoms with Gasteiger partial charge in [-0.05, 0) is 30.3 Å². The molecule has 2 aromatic carbocycles. The van der Waals surface area contributed by atoms with E-state index in [0.29, 0.717) is 11.0 Å². The van der Waals surface area contributed by atoms with Gasteiger partial charge in [-0.25, -0.2) is 14.4 Å². The molecule has 0 saturated heterocycles. The number of para-hydroxylation sites is 2. The van der Waals surface area contributed by atoms with Gasteiger partial charge in [0.1, 0.15) is 0 Å². The average molecular weight is 420 g/mol. The van der Waals surface area contributed by atoms with E-state index in [9.17, 15) is 23.2 Å². The fraction of sp³-hybridized carbons (Fsp3) is 0.211. The summed E-state index contributed by atoms with van der Waals surface area (Å²) in [5.74, 6) is -1.13. The van der Waals surface area contributed by atoms with Crippen molar-refractivity contribution in [3.8, 4) is 5.75 Å². The lowest BCUT2D eigenvalue weighted by Gasteiger charge is -2.14. The number of halogens is 2. The number of carbonyl (C=O) groups excluding carboxylic acids is 2. The number of fused-ring (bicyclic) bond motifs is 1. The zero-order valence-electron chi connectivity index (χ0n) is 15.8. The van der Waals surface area contributed by atoms with E-state index in [-0.39, 0.29) is 30.0 Å². The van der Waals surface area contributed by atoms with Gasteiger partial charge < -0.3 is 25.1 Å². The van der Waals surface area contributed by atoms with Crippen molar-refractivity contribution in [3.05, 3.63) is 58.5 Å². The summed E-state index contributed by atoms with van der Waals surface area (Å²) in [5, 5.41) is 4.91. The Balaban J connectivity index is 1.66. The van der Waals surface area contributed by atoms with Crippen molar-refractivity contribution >= 4 is 28.7 Å². The summed E-state index contributed by atoms with van der Waals surface area (Å²) in [7, 11) is 1.15. The molecule has 30 heavy (non-hydrogen) atoms. The van der Waals surface area contributed by atoms with E-state index in [0.717, 1.165) is 13.2 Å². The van der Waals surface area contributed by atoms with Crippen LogP contribution >= 0.6 is 0 Å². The number of ether oxygens (including phenoxy) is 2. The minimum absolute atomic E-state index is 0.0159. The molecule has 11 heteroatoms. The van der Waals surface area contributed by atoms with Crippen molar-refractivity contribution in [1.82, 2.24) is 14.9 Å². The summed E-state index contributed by atoms with van der Waals surface area (Å²) >= 11 is 0. The second kappa shape index (κ2) is 9.07. The first kappa shape index (κ1) is 20.8. The molecule has 0 fully saturated rings. The van der Waals surface area contributed by atoms with E-state index in [1.807, 2.05) is 0 Å². The number of amides is 2. The molecule has 0 bridgehead atoms. The van der Waals surface area contributed by atoms with Gasteiger partial charge in [-0.2, -0.15) is 8.78 Å². The molecule has 0 aliphatic carbocycles. The van der Waals surface area contributed by atoms with Gasteiger partial charge >= 0.3 is 24.3 Å². The van der Waals surface area contributed by atoms with Gasteiger partial charge in [0.25, 0.3) is 0 Å². The van der Waals surface area contributed by atoms with Gasteiger partial charge in [0.2, 0.25) is 0 Å². The lowest BCUT2D eigenvalue weighted by molar-refractivity contribution is -0.0494. The summed E-state index contributed by atoms with van der Waals surface area (Å²) in [5.41, 5.74) is 0.967. The molecule has 158 valence electrons. The summed E-state index contributed by atoms with van der Waals surface area (Å²) < 4.78 is 35.7. The number of imidazole rings is 1. The van der Waals surface area contributed by atoms with Crippen LogP contribution in [0.25, 0.3) is 11.0 Å². The van der Waals surface area contributed by atoms with Gasteiger partial charge in [0, 0.05) is 13.1 Å². The van der Waals surface area contributed by atoms with Crippen LogP contribution in [-0.2, 0) is 11.3 Å². The van der Waals surface area contributed by atoms with Crippen LogP contribution in [0.1, 0.15) is 10.4 Å². The average Bonchev–Trinajstić information content (AvgIpc) is 3.03. The van der Waals surface area contributed by atoms with Crippen molar-refractivity contribution in [2.45, 2.75) is 13.2 Å². The van der Waals surface area contributed by atoms with Crippen molar-refractivity contribution in [3.63, 3.8) is 0 Å². The number of hydrogen-bond donors (Lipinski definition) is 3. The molecule has 3 N–H and O–H groups in total. The van der Waals surface area contributed by atoms with Crippen LogP contribution in [0.2, 0.25) is 0 Å². The second-order valence-corrected chi connectivity index (χ2v) is 6.06. The molecular formula is C19H18F2N4O5. The molecule has 0 aliphatic heterocycles. The standard InChI is InChI=1S/C19H18F2N4O5/c1-29-16(26)11-6-7-13(15(10-11)30-17(20)21)23-18(27)22-8-9-25-14-5-3-2-4-12(14)24-19(25)28/h2-7,10,17H,8-9H2,1H3,(H,24,28)(H2,22,23,27). The van der Waals surface area contributed by atoms with E-state index >= 15 is 0 Å². The monoisotopic (exact) mass is 420 g/mol. The van der Waals surface area contributed by atoms with Gasteiger partial charge in [0.05, 0.1) is 29.4 Å². The first-order valence-corrected chi connectivity index (χ1v) is 8.78. The molecule has 9 nitrogen and oxygen atoms in total. The molecule has 3 rings (SSSR count). The number of carbonyl (C=O) groups is 2. The molecule has 0 radical (unpaired) electrons. The smallest absolute Gasteiger partial charge is 0.387 e. The normalized spacial score (nSPS) is 10.8. The Morgan fingerprint density at radius 2 is 1.97 bits per heavy atom. The number of nitrogens with zero attached hydrogens (tertiary/aromatic N) is 1. The highest BCUT2D eigenvalue weighted by atomic mass is 19.3. The fourth-order valence-corrected chi connectivity index (χ4v) is 2.84. The van der Waals surface area contributed by atoms with E-state index in [4.69, 9.17) is 0 Å². The SMILES string of the molecule is COC(=O)c1ccc(NC(=O)NCCn2c(=O)[nH]c3ccccc32)c(OC(F)F)c1. The zero-order chi connectivity index (χ0) is 21.7. The van der Waals surface area contributed by atoms with Crippen molar-refractivity contribution < 1.29 is 27.8 Å². The minimum atomic E-state index is -3.16. The number of anilines is 1. The number of esters is 1. The number of H-pyrrole nitrogens is 1. The number of benzene rings is 2. The highest BCUT2D eigenvalue weighted by molar-refractivity contribution is 5.94. The fourth-order valence-electron chi connectivity index (χ4n) is 2.84. The van der Waals surface area contributed by atoms with E-state index in [2.05, 4.69) is 25.1 Å². The zero-order valence-corrected chi connectivity index (χ0v) is 15.8. The van der Waals surface area contributed by atoms with Crippen LogP contribution in [-0.4, -0.2) is 41.8 Å². The lowest BCUT2D eigenvalue weighted by Crippen LogP contribution is -2.33. The number of alkyl halides is 2. The Bertz CT molecular complexity index is 1130. The molecule has 1 heterocycles. The minimum Gasteiger partial charge on any atom is -0.465 e. The summed E-state index contributed by atoms with van der Waals surface area (Å²) in [6.07, 6.45) is 0. The predicted molar refractivity (Wildman–Crippen MR) is 104 cm³/mol. The number of nitrogens with one attached hydrogen (secondary N) is 3. The van der Waals surface area contributed by atoms with Gasteiger partial charge in [-0.1, -0.05) is 12.1 Å². The number of methoxy groups -OCH3 is 1. The van der Waals surface area contributed by atoms with Gasteiger partial charge in [-0.15, -0.1) is 0 Å². The summed E-state index contributed by atoms with van der Waals surface area (Å²) in [6.45, 7) is -2.87. The molecule has 3 aromatic rings. The van der Waals surface area contributed by atoms with Gasteiger partial charge in [-0.3, -0.25) is 4.57 Å². The third-order valence-corrected chi connectivity index (χ3v) is 4.17. The summed E-state index contributed by atoms with van der Waals surface area (Å²) in [4.78, 5) is 38.4. The van der Waals surface area contributed by atoms with E-state index < -0.39 is 24.4 Å². The van der Waals surface area contributed by atoms with Crippen molar-refractivity contribution in [2.24, 2.45) is 0 Å². The highest BCUT2D eigenvalue weighted by Crippen LogP contribution is 2.28. The molecule has 0 saturated carbocycles. The maximum Gasteiger partial charge on any atom is 0.387 e. The highest BCUT2D eigenvalue weighted by Gasteiger charge is 2.16. The molecule has 0 atom stereocenters. The van der Waals surface area contributed by atoms with Gasteiger partial charge in [0.15, 0.2) is 5.75 Å². The van der Waals surface area contributed by atoms with Crippen LogP contribution < -0.4 is 21.1 Å². The van der Waals surface area contributed by atoms with Crippen LogP contribution in [0.4, 0.5) is 19.3 Å². The number of rotatable bonds is 7. The quantitative estimate of drug-likeness (QED) is 0.508. The lowest BCUT2D eigenvalue weighted by atomic mass is 10.2. The number of aromatic nitrogens is 2. The third-order valence-electron chi connectivity index (χ3n) is 4.17. The Hall–Kier alpha value is -3.89. The Kier molecular flexibility index (Phi) is 6.30. The molecular weight excluding hydrogens is 402 g/mol. The maximum absolute atomic E-state index is 12.7. The maximum atomic E-state index is 12.7. The largest absolute Gasteiger partial charge is 0.465 e. The van der Waals surface area contributed by atoms with Crippen LogP contribution in [0, 0.1) is 0 Å². The number of aromatic amines is 1. The van der Waals surface area contributed by atoms with Crippen LogP contribution in [0.15, 0.2) is 47.3 Å².